The topological polar surface area (TPSA) is 129 Å². The van der Waals surface area contributed by atoms with Crippen LogP contribution in [0.3, 0.4) is 0 Å². The molecule has 1 aliphatic heterocycles. The first-order chi connectivity index (χ1) is 18.4. The van der Waals surface area contributed by atoms with Crippen molar-refractivity contribution in [2.75, 3.05) is 24.0 Å². The third kappa shape index (κ3) is 5.79. The number of hydrogen-bond acceptors (Lipinski definition) is 11. The van der Waals surface area contributed by atoms with Crippen LogP contribution in [0.15, 0.2) is 22.5 Å². The maximum absolute atomic E-state index is 13.1. The summed E-state index contributed by atoms with van der Waals surface area (Å²) in [6.07, 6.45) is 4.92. The Morgan fingerprint density at radius 1 is 1.08 bits per heavy atom. The van der Waals surface area contributed by atoms with E-state index in [1.807, 2.05) is 0 Å². The van der Waals surface area contributed by atoms with Crippen LogP contribution in [0.4, 0.5) is 10.1 Å². The Hall–Kier alpha value is -3.16. The number of thiophene rings is 1. The number of carbonyl (C=O) groups is 3. The molecule has 0 radical (unpaired) electrons. The lowest BCUT2D eigenvalue weighted by Crippen LogP contribution is -2.23. The summed E-state index contributed by atoms with van der Waals surface area (Å²) in [5.74, 6) is 0.105. The zero-order valence-corrected chi connectivity index (χ0v) is 23.3. The maximum Gasteiger partial charge on any atom is 0.341 e. The van der Waals surface area contributed by atoms with Crippen LogP contribution in [0.1, 0.15) is 64.3 Å². The number of carbonyl (C=O) groups excluding carboxylic acids is 3. The zero-order valence-electron chi connectivity index (χ0n) is 20.8. The third-order valence-corrected chi connectivity index (χ3v) is 9.28. The van der Waals surface area contributed by atoms with Crippen molar-refractivity contribution in [3.8, 4) is 11.5 Å². The van der Waals surface area contributed by atoms with Gasteiger partial charge in [-0.25, -0.2) is 4.79 Å². The summed E-state index contributed by atoms with van der Waals surface area (Å²) in [7, 11) is 0. The molecule has 0 fully saturated rings. The number of thioether (sulfide) groups is 1. The standard InChI is InChI=1S/C25H26N4O6S3/c1-3-33-23(32)19-15-7-5-4-6-8-18(15)37-22(19)26-20(30)13(2)36-25-29-28-24(38-25)27-21(31)14-9-10-16-17(11-14)35-12-34-16/h9-11,13H,3-8,12H2,1-2H3,(H,26,30)(H,27,28,31). The Kier molecular flexibility index (Phi) is 8.15. The first-order valence-corrected chi connectivity index (χ1v) is 14.8. The Morgan fingerprint density at radius 2 is 1.89 bits per heavy atom. The van der Waals surface area contributed by atoms with Gasteiger partial charge in [-0.1, -0.05) is 29.5 Å². The molecule has 1 unspecified atom stereocenters. The fourth-order valence-electron chi connectivity index (χ4n) is 4.18. The summed E-state index contributed by atoms with van der Waals surface area (Å²) in [6, 6.07) is 4.92. The molecule has 1 atom stereocenters. The quantitative estimate of drug-likeness (QED) is 0.162. The Balaban J connectivity index is 1.22. The van der Waals surface area contributed by atoms with Gasteiger partial charge in [0.1, 0.15) is 5.00 Å². The number of anilines is 2. The maximum atomic E-state index is 13.1. The molecule has 1 aliphatic carbocycles. The molecule has 0 saturated heterocycles. The van der Waals surface area contributed by atoms with E-state index in [0.717, 1.165) is 42.5 Å². The number of rotatable bonds is 8. The molecule has 0 spiro atoms. The van der Waals surface area contributed by atoms with Crippen molar-refractivity contribution in [2.45, 2.75) is 55.5 Å². The summed E-state index contributed by atoms with van der Waals surface area (Å²) in [5, 5.41) is 14.1. The van der Waals surface area contributed by atoms with Crippen molar-refractivity contribution < 1.29 is 28.6 Å². The molecule has 5 rings (SSSR count). The van der Waals surface area contributed by atoms with Crippen molar-refractivity contribution >= 4 is 62.4 Å². The average Bonchev–Trinajstić information content (AvgIpc) is 3.59. The van der Waals surface area contributed by atoms with Crippen molar-refractivity contribution in [1.29, 1.82) is 0 Å². The van der Waals surface area contributed by atoms with Crippen LogP contribution in [0, 0.1) is 0 Å². The number of nitrogens with one attached hydrogen (secondary N) is 2. The summed E-state index contributed by atoms with van der Waals surface area (Å²) in [4.78, 5) is 39.6. The van der Waals surface area contributed by atoms with Gasteiger partial charge in [-0.3, -0.25) is 14.9 Å². The van der Waals surface area contributed by atoms with Gasteiger partial charge in [0.2, 0.25) is 17.8 Å². The molecule has 2 aromatic heterocycles. The van der Waals surface area contributed by atoms with Crippen molar-refractivity contribution in [2.24, 2.45) is 0 Å². The van der Waals surface area contributed by atoms with E-state index in [1.165, 1.54) is 34.4 Å². The molecule has 1 aromatic carbocycles. The van der Waals surface area contributed by atoms with E-state index < -0.39 is 11.2 Å². The highest BCUT2D eigenvalue weighted by Crippen LogP contribution is 2.39. The summed E-state index contributed by atoms with van der Waals surface area (Å²) < 4.78 is 16.4. The number of esters is 1. The van der Waals surface area contributed by atoms with E-state index in [4.69, 9.17) is 14.2 Å². The fraction of sp³-hybridized carbons (Fsp3) is 0.400. The highest BCUT2D eigenvalue weighted by molar-refractivity contribution is 8.02. The smallest absolute Gasteiger partial charge is 0.341 e. The number of nitrogens with zero attached hydrogens (tertiary/aromatic N) is 2. The van der Waals surface area contributed by atoms with Gasteiger partial charge in [-0.15, -0.1) is 21.5 Å². The number of hydrogen-bond donors (Lipinski definition) is 2. The molecule has 2 aliphatic rings. The van der Waals surface area contributed by atoms with E-state index in [0.29, 0.717) is 37.1 Å². The molecule has 0 saturated carbocycles. The molecular formula is C25H26N4O6S3. The number of amides is 2. The number of aryl methyl sites for hydroxylation is 1. The minimum atomic E-state index is -0.516. The van der Waals surface area contributed by atoms with Crippen LogP contribution in [0.5, 0.6) is 11.5 Å². The SMILES string of the molecule is CCOC(=O)c1c(NC(=O)C(C)Sc2nnc(NC(=O)c3ccc4c(c3)OCO4)s2)sc2c1CCCCC2. The molecule has 3 heterocycles. The van der Waals surface area contributed by atoms with Crippen molar-refractivity contribution in [3.05, 3.63) is 39.8 Å². The highest BCUT2D eigenvalue weighted by atomic mass is 32.2. The van der Waals surface area contributed by atoms with Gasteiger partial charge >= 0.3 is 5.97 Å². The Labute approximate surface area is 231 Å². The summed E-state index contributed by atoms with van der Waals surface area (Å²) in [6.45, 7) is 3.93. The van der Waals surface area contributed by atoms with Crippen molar-refractivity contribution in [3.63, 3.8) is 0 Å². The lowest BCUT2D eigenvalue weighted by molar-refractivity contribution is -0.115. The first-order valence-electron chi connectivity index (χ1n) is 12.3. The minimum absolute atomic E-state index is 0.127. The second-order valence-electron chi connectivity index (χ2n) is 8.63. The van der Waals surface area contributed by atoms with Crippen LogP contribution < -0.4 is 20.1 Å². The van der Waals surface area contributed by atoms with Crippen LogP contribution in [-0.4, -0.2) is 46.6 Å². The van der Waals surface area contributed by atoms with Crippen LogP contribution in [-0.2, 0) is 22.4 Å². The second kappa shape index (κ2) is 11.7. The lowest BCUT2D eigenvalue weighted by atomic mass is 10.1. The van der Waals surface area contributed by atoms with Crippen molar-refractivity contribution in [1.82, 2.24) is 10.2 Å². The first kappa shape index (κ1) is 26.4. The van der Waals surface area contributed by atoms with Gasteiger partial charge in [-0.05, 0) is 63.3 Å². The number of fused-ring (bicyclic) bond motifs is 2. The van der Waals surface area contributed by atoms with E-state index in [2.05, 4.69) is 20.8 Å². The summed E-state index contributed by atoms with van der Waals surface area (Å²) in [5.41, 5.74) is 1.90. The van der Waals surface area contributed by atoms with Gasteiger partial charge in [0.15, 0.2) is 15.8 Å². The molecule has 13 heteroatoms. The van der Waals surface area contributed by atoms with Crippen LogP contribution >= 0.6 is 34.4 Å². The van der Waals surface area contributed by atoms with Gasteiger partial charge in [0.05, 0.1) is 17.4 Å². The van der Waals surface area contributed by atoms with Gasteiger partial charge < -0.3 is 19.5 Å². The zero-order chi connectivity index (χ0) is 26.6. The molecule has 2 N–H and O–H groups in total. The average molecular weight is 575 g/mol. The molecule has 10 nitrogen and oxygen atoms in total. The fourth-order valence-corrected chi connectivity index (χ4v) is 7.35. The number of benzene rings is 1. The Bertz CT molecular complexity index is 1370. The number of aromatic nitrogens is 2. The summed E-state index contributed by atoms with van der Waals surface area (Å²) >= 11 is 3.87. The largest absolute Gasteiger partial charge is 0.462 e. The molecule has 3 aromatic rings. The predicted octanol–water partition coefficient (Wildman–Crippen LogP) is 5.15. The molecule has 38 heavy (non-hydrogen) atoms. The van der Waals surface area contributed by atoms with E-state index in [1.54, 1.807) is 32.0 Å². The van der Waals surface area contributed by atoms with Crippen LogP contribution in [0.2, 0.25) is 0 Å². The molecule has 0 bridgehead atoms. The monoisotopic (exact) mass is 574 g/mol. The normalized spacial score (nSPS) is 14.8. The Morgan fingerprint density at radius 3 is 2.74 bits per heavy atom. The molecule has 200 valence electrons. The van der Waals surface area contributed by atoms with E-state index in [-0.39, 0.29) is 25.2 Å². The van der Waals surface area contributed by atoms with Crippen LogP contribution in [0.25, 0.3) is 0 Å². The molecular weight excluding hydrogens is 548 g/mol. The van der Waals surface area contributed by atoms with E-state index >= 15 is 0 Å². The second-order valence-corrected chi connectivity index (χ2v) is 12.3. The lowest BCUT2D eigenvalue weighted by Gasteiger charge is -2.11. The minimum Gasteiger partial charge on any atom is -0.462 e. The van der Waals surface area contributed by atoms with Gasteiger partial charge in [0.25, 0.3) is 5.91 Å². The van der Waals surface area contributed by atoms with E-state index in [9.17, 15) is 14.4 Å². The third-order valence-electron chi connectivity index (χ3n) is 6.05. The predicted molar refractivity (Wildman–Crippen MR) is 146 cm³/mol. The number of ether oxygens (including phenoxy) is 3. The van der Waals surface area contributed by atoms with Gasteiger partial charge in [0, 0.05) is 10.4 Å². The molecule has 2 amide bonds. The van der Waals surface area contributed by atoms with Gasteiger partial charge in [-0.2, -0.15) is 0 Å². The highest BCUT2D eigenvalue weighted by Gasteiger charge is 2.28.